The first kappa shape index (κ1) is 13.5. The molecule has 7 heteroatoms. The first-order chi connectivity index (χ1) is 8.56. The van der Waals surface area contributed by atoms with Crippen LogP contribution in [0, 0.1) is 16.0 Å². The van der Waals surface area contributed by atoms with Crippen molar-refractivity contribution in [2.75, 3.05) is 6.54 Å². The third-order valence-electron chi connectivity index (χ3n) is 3.02. The van der Waals surface area contributed by atoms with Crippen molar-refractivity contribution in [3.8, 4) is 0 Å². The highest BCUT2D eigenvalue weighted by molar-refractivity contribution is 9.09. The van der Waals surface area contributed by atoms with E-state index in [2.05, 4.69) is 21.2 Å². The van der Waals surface area contributed by atoms with Crippen LogP contribution in [0.1, 0.15) is 28.9 Å². The van der Waals surface area contributed by atoms with E-state index >= 15 is 0 Å². The first-order valence-corrected chi connectivity index (χ1v) is 7.46. The maximum atomic E-state index is 11.8. The molecule has 1 aliphatic carbocycles. The average Bonchev–Trinajstić information content (AvgIpc) is 2.94. The van der Waals surface area contributed by atoms with Gasteiger partial charge in [0, 0.05) is 17.4 Å². The molecule has 0 aromatic carbocycles. The topological polar surface area (TPSA) is 72.2 Å². The van der Waals surface area contributed by atoms with Gasteiger partial charge in [-0.1, -0.05) is 27.3 Å². The molecule has 2 unspecified atom stereocenters. The molecule has 0 aliphatic heterocycles. The summed E-state index contributed by atoms with van der Waals surface area (Å²) in [6.45, 7) is 0.645. The summed E-state index contributed by atoms with van der Waals surface area (Å²) < 4.78 is 0. The van der Waals surface area contributed by atoms with E-state index in [0.717, 1.165) is 30.6 Å². The van der Waals surface area contributed by atoms with Crippen molar-refractivity contribution < 1.29 is 9.72 Å². The Morgan fingerprint density at radius 1 is 1.56 bits per heavy atom. The number of nitro groups is 1. The molecule has 1 heterocycles. The summed E-state index contributed by atoms with van der Waals surface area (Å²) in [7, 11) is 0. The lowest BCUT2D eigenvalue weighted by molar-refractivity contribution is -0.380. The van der Waals surface area contributed by atoms with Crippen LogP contribution in [0.5, 0.6) is 0 Å². The number of alkyl halides is 1. The molecular weight excluding hydrogens is 320 g/mol. The predicted octanol–water partition coefficient (Wildman–Crippen LogP) is 2.95. The number of halogens is 1. The Kier molecular flexibility index (Phi) is 4.34. The van der Waals surface area contributed by atoms with Gasteiger partial charge in [0.1, 0.15) is 0 Å². The lowest BCUT2D eigenvalue weighted by Crippen LogP contribution is -2.27. The zero-order chi connectivity index (χ0) is 13.1. The lowest BCUT2D eigenvalue weighted by atomic mass is 10.1. The monoisotopic (exact) mass is 332 g/mol. The third-order valence-corrected chi connectivity index (χ3v) is 4.89. The van der Waals surface area contributed by atoms with E-state index in [1.807, 2.05) is 0 Å². The SMILES string of the molecule is O=C(NCC1CCC(Br)C1)c1ccc([N+](=O)[O-])s1. The predicted molar refractivity (Wildman–Crippen MR) is 73.4 cm³/mol. The van der Waals surface area contributed by atoms with E-state index < -0.39 is 4.92 Å². The molecule has 18 heavy (non-hydrogen) atoms. The zero-order valence-electron chi connectivity index (χ0n) is 9.60. The first-order valence-electron chi connectivity index (χ1n) is 5.72. The summed E-state index contributed by atoms with van der Waals surface area (Å²) in [4.78, 5) is 22.8. The zero-order valence-corrected chi connectivity index (χ0v) is 12.0. The van der Waals surface area contributed by atoms with Crippen molar-refractivity contribution in [1.29, 1.82) is 0 Å². The highest BCUT2D eigenvalue weighted by Gasteiger charge is 2.23. The van der Waals surface area contributed by atoms with Crippen LogP contribution < -0.4 is 5.32 Å². The normalized spacial score (nSPS) is 22.9. The number of nitrogens with zero attached hydrogens (tertiary/aromatic N) is 1. The van der Waals surface area contributed by atoms with Crippen LogP contribution in [0.25, 0.3) is 0 Å². The van der Waals surface area contributed by atoms with E-state index in [1.54, 1.807) is 0 Å². The van der Waals surface area contributed by atoms with Crippen LogP contribution in [0.15, 0.2) is 12.1 Å². The van der Waals surface area contributed by atoms with Crippen LogP contribution in [0.3, 0.4) is 0 Å². The molecule has 1 amide bonds. The number of carbonyl (C=O) groups is 1. The van der Waals surface area contributed by atoms with Gasteiger partial charge in [0.15, 0.2) is 0 Å². The van der Waals surface area contributed by atoms with Crippen LogP contribution in [0.2, 0.25) is 0 Å². The van der Waals surface area contributed by atoms with E-state index in [0.29, 0.717) is 22.2 Å². The van der Waals surface area contributed by atoms with E-state index in [1.165, 1.54) is 12.1 Å². The summed E-state index contributed by atoms with van der Waals surface area (Å²) in [5, 5.41) is 13.4. The van der Waals surface area contributed by atoms with Crippen molar-refractivity contribution in [2.24, 2.45) is 5.92 Å². The third kappa shape index (κ3) is 3.29. The van der Waals surface area contributed by atoms with Crippen molar-refractivity contribution in [3.63, 3.8) is 0 Å². The molecule has 1 aromatic rings. The molecule has 0 saturated heterocycles. The molecule has 0 bridgehead atoms. The fourth-order valence-electron chi connectivity index (χ4n) is 2.07. The Labute approximate surface area is 117 Å². The van der Waals surface area contributed by atoms with Crippen LogP contribution in [-0.2, 0) is 0 Å². The van der Waals surface area contributed by atoms with Crippen molar-refractivity contribution >= 4 is 38.2 Å². The minimum atomic E-state index is -0.478. The number of hydrogen-bond donors (Lipinski definition) is 1. The molecule has 5 nitrogen and oxygen atoms in total. The fraction of sp³-hybridized carbons (Fsp3) is 0.545. The van der Waals surface area contributed by atoms with Gasteiger partial charge in [0.05, 0.1) is 9.80 Å². The minimum absolute atomic E-state index is 0.00142. The van der Waals surface area contributed by atoms with E-state index in [-0.39, 0.29) is 10.9 Å². The van der Waals surface area contributed by atoms with Crippen molar-refractivity contribution in [2.45, 2.75) is 24.1 Å². The van der Waals surface area contributed by atoms with Gasteiger partial charge < -0.3 is 5.32 Å². The molecule has 2 atom stereocenters. The van der Waals surface area contributed by atoms with Crippen LogP contribution >= 0.6 is 27.3 Å². The lowest BCUT2D eigenvalue weighted by Gasteiger charge is -2.09. The summed E-state index contributed by atoms with van der Waals surface area (Å²) >= 11 is 4.48. The Bertz CT molecular complexity index is 463. The number of amides is 1. The quantitative estimate of drug-likeness (QED) is 0.523. The Morgan fingerprint density at radius 3 is 2.89 bits per heavy atom. The van der Waals surface area contributed by atoms with Gasteiger partial charge >= 0.3 is 5.00 Å². The summed E-state index contributed by atoms with van der Waals surface area (Å²) in [6, 6.07) is 2.86. The molecule has 98 valence electrons. The van der Waals surface area contributed by atoms with Crippen LogP contribution in [-0.4, -0.2) is 22.2 Å². The number of nitrogens with one attached hydrogen (secondary N) is 1. The van der Waals surface area contributed by atoms with E-state index in [9.17, 15) is 14.9 Å². The second kappa shape index (κ2) is 5.79. The average molecular weight is 333 g/mol. The van der Waals surface area contributed by atoms with Gasteiger partial charge in [0.2, 0.25) is 0 Å². The Morgan fingerprint density at radius 2 is 2.33 bits per heavy atom. The highest BCUT2D eigenvalue weighted by Crippen LogP contribution is 2.30. The largest absolute Gasteiger partial charge is 0.351 e. The smallest absolute Gasteiger partial charge is 0.324 e. The number of thiophene rings is 1. The molecule has 0 radical (unpaired) electrons. The summed E-state index contributed by atoms with van der Waals surface area (Å²) in [6.07, 6.45) is 3.33. The highest BCUT2D eigenvalue weighted by atomic mass is 79.9. The van der Waals surface area contributed by atoms with Gasteiger partial charge in [-0.05, 0) is 31.2 Å². The summed E-state index contributed by atoms with van der Waals surface area (Å²) in [5.74, 6) is 0.291. The minimum Gasteiger partial charge on any atom is -0.351 e. The van der Waals surface area contributed by atoms with Gasteiger partial charge in [-0.3, -0.25) is 14.9 Å². The molecule has 1 aliphatic rings. The van der Waals surface area contributed by atoms with E-state index in [4.69, 9.17) is 0 Å². The Balaban J connectivity index is 1.85. The van der Waals surface area contributed by atoms with Crippen molar-refractivity contribution in [3.05, 3.63) is 27.1 Å². The fourth-order valence-corrected chi connectivity index (χ4v) is 3.60. The van der Waals surface area contributed by atoms with Crippen molar-refractivity contribution in [1.82, 2.24) is 5.32 Å². The molecular formula is C11H13BrN2O3S. The van der Waals surface area contributed by atoms with Crippen LogP contribution in [0.4, 0.5) is 5.00 Å². The second-order valence-electron chi connectivity index (χ2n) is 4.38. The maximum absolute atomic E-state index is 11.8. The maximum Gasteiger partial charge on any atom is 0.324 e. The van der Waals surface area contributed by atoms with Gasteiger partial charge in [0.25, 0.3) is 5.91 Å². The van der Waals surface area contributed by atoms with Gasteiger partial charge in [-0.25, -0.2) is 0 Å². The number of hydrogen-bond acceptors (Lipinski definition) is 4. The molecule has 0 spiro atoms. The number of carbonyl (C=O) groups excluding carboxylic acids is 1. The molecule has 1 aromatic heterocycles. The molecule has 2 rings (SSSR count). The Hall–Kier alpha value is -0.950. The number of rotatable bonds is 4. The second-order valence-corrected chi connectivity index (χ2v) is 6.74. The summed E-state index contributed by atoms with van der Waals surface area (Å²) in [5.41, 5.74) is 0. The van der Waals surface area contributed by atoms with Gasteiger partial charge in [-0.15, -0.1) is 0 Å². The molecule has 1 fully saturated rings. The molecule has 1 N–H and O–H groups in total. The van der Waals surface area contributed by atoms with Gasteiger partial charge in [-0.2, -0.15) is 0 Å². The molecule has 1 saturated carbocycles. The standard InChI is InChI=1S/C11H13BrN2O3S/c12-8-2-1-7(5-8)6-13-11(15)9-3-4-10(18-9)14(16)17/h3-4,7-8H,1-2,5-6H2,(H,13,15).